The number of hydrogen-bond donors (Lipinski definition) is 0. The molecule has 0 spiro atoms. The number of rotatable bonds is 7. The van der Waals surface area contributed by atoms with Crippen LogP contribution in [0.25, 0.3) is 22.4 Å². The molecule has 0 saturated carbocycles. The Hall–Kier alpha value is -2.70. The van der Waals surface area contributed by atoms with Crippen molar-refractivity contribution in [2.45, 2.75) is 26.2 Å². The molecule has 148 valence electrons. The number of para-hydroxylation sites is 1. The summed E-state index contributed by atoms with van der Waals surface area (Å²) in [7, 11) is 0. The summed E-state index contributed by atoms with van der Waals surface area (Å²) >= 11 is 7.53. The number of unbranched alkanes of at least 4 members (excludes halogenated alkanes) is 2. The Morgan fingerprint density at radius 2 is 1.93 bits per heavy atom. The predicted octanol–water partition coefficient (Wildman–Crippen LogP) is 4.59. The van der Waals surface area contributed by atoms with Crippen molar-refractivity contribution < 1.29 is 4.74 Å². The first-order valence-electron chi connectivity index (χ1n) is 9.55. The number of fused-ring (bicyclic) bond motifs is 1. The van der Waals surface area contributed by atoms with E-state index >= 15 is 0 Å². The van der Waals surface area contributed by atoms with Crippen molar-refractivity contribution in [3.63, 3.8) is 0 Å². The molecule has 0 unspecified atom stereocenters. The van der Waals surface area contributed by atoms with Gasteiger partial charge in [-0.25, -0.2) is 0 Å². The summed E-state index contributed by atoms with van der Waals surface area (Å²) in [4.78, 5) is 17.9. The molecule has 0 N–H and O–H groups in total. The van der Waals surface area contributed by atoms with Crippen LogP contribution in [0.1, 0.15) is 31.7 Å². The van der Waals surface area contributed by atoms with E-state index in [1.807, 2.05) is 48.5 Å². The Kier molecular flexibility index (Phi) is 5.92. The minimum Gasteiger partial charge on any atom is -0.493 e. The van der Waals surface area contributed by atoms with E-state index in [-0.39, 0.29) is 5.56 Å². The molecule has 0 amide bonds. The van der Waals surface area contributed by atoms with E-state index in [0.29, 0.717) is 32.5 Å². The van der Waals surface area contributed by atoms with Crippen molar-refractivity contribution >= 4 is 34.0 Å². The maximum atomic E-state index is 12.8. The molecule has 0 saturated heterocycles. The van der Waals surface area contributed by atoms with Crippen LogP contribution in [0.15, 0.2) is 53.3 Å². The van der Waals surface area contributed by atoms with Gasteiger partial charge in [0, 0.05) is 11.1 Å². The summed E-state index contributed by atoms with van der Waals surface area (Å²) in [5, 5.41) is 4.92. The quantitative estimate of drug-likeness (QED) is 0.406. The molecule has 0 aliphatic rings. The van der Waals surface area contributed by atoms with E-state index in [0.717, 1.165) is 30.6 Å². The SMILES string of the molecule is CCCCCOc1ccccc1/C=c1\sc2nc(-c3ccccc3Cl)nn2c1=O. The molecule has 4 aromatic rings. The van der Waals surface area contributed by atoms with Gasteiger partial charge in [0.05, 0.1) is 16.2 Å². The highest BCUT2D eigenvalue weighted by molar-refractivity contribution is 7.15. The van der Waals surface area contributed by atoms with E-state index in [2.05, 4.69) is 17.0 Å². The lowest BCUT2D eigenvalue weighted by Crippen LogP contribution is -2.23. The third-order valence-corrected chi connectivity index (χ3v) is 5.80. The van der Waals surface area contributed by atoms with Gasteiger partial charge in [0.15, 0.2) is 5.82 Å². The van der Waals surface area contributed by atoms with Gasteiger partial charge in [0.2, 0.25) is 4.96 Å². The van der Waals surface area contributed by atoms with Crippen LogP contribution < -0.4 is 14.8 Å². The molecule has 2 aromatic heterocycles. The molecule has 4 rings (SSSR count). The van der Waals surface area contributed by atoms with Crippen molar-refractivity contribution in [1.29, 1.82) is 0 Å². The third-order valence-electron chi connectivity index (χ3n) is 4.51. The lowest BCUT2D eigenvalue weighted by atomic mass is 10.2. The third kappa shape index (κ3) is 4.18. The Morgan fingerprint density at radius 1 is 1.14 bits per heavy atom. The van der Waals surface area contributed by atoms with Crippen LogP contribution in [0.5, 0.6) is 5.75 Å². The molecule has 29 heavy (non-hydrogen) atoms. The number of benzene rings is 2. The van der Waals surface area contributed by atoms with Crippen LogP contribution in [0.2, 0.25) is 5.02 Å². The molecule has 2 heterocycles. The number of halogens is 1. The van der Waals surface area contributed by atoms with Crippen molar-refractivity contribution in [1.82, 2.24) is 14.6 Å². The van der Waals surface area contributed by atoms with E-state index in [1.54, 1.807) is 6.07 Å². The monoisotopic (exact) mass is 425 g/mol. The van der Waals surface area contributed by atoms with Gasteiger partial charge in [-0.3, -0.25) is 4.79 Å². The van der Waals surface area contributed by atoms with Crippen molar-refractivity contribution in [2.24, 2.45) is 0 Å². The molecule has 0 fully saturated rings. The fourth-order valence-electron chi connectivity index (χ4n) is 3.00. The van der Waals surface area contributed by atoms with Gasteiger partial charge in [0.25, 0.3) is 5.56 Å². The lowest BCUT2D eigenvalue weighted by molar-refractivity contribution is 0.305. The van der Waals surface area contributed by atoms with Gasteiger partial charge in [-0.2, -0.15) is 9.50 Å². The molecule has 0 radical (unpaired) electrons. The standard InChI is InChI=1S/C22H20ClN3O2S/c1-2-3-8-13-28-18-12-7-4-9-15(18)14-19-21(27)26-22(29-19)24-20(25-26)16-10-5-6-11-17(16)23/h4-7,9-12,14H,2-3,8,13H2,1H3/b19-14-. The average Bonchev–Trinajstić information content (AvgIpc) is 3.26. The molecular formula is C22H20ClN3O2S. The van der Waals surface area contributed by atoms with Crippen LogP contribution in [-0.2, 0) is 0 Å². The normalized spacial score (nSPS) is 12.0. The van der Waals surface area contributed by atoms with Gasteiger partial charge in [-0.05, 0) is 30.7 Å². The van der Waals surface area contributed by atoms with Crippen molar-refractivity contribution in [3.8, 4) is 17.1 Å². The van der Waals surface area contributed by atoms with Crippen LogP contribution >= 0.6 is 22.9 Å². The van der Waals surface area contributed by atoms with E-state index in [1.165, 1.54) is 15.9 Å². The summed E-state index contributed by atoms with van der Waals surface area (Å²) in [6.45, 7) is 2.83. The molecule has 0 aliphatic carbocycles. The fraction of sp³-hybridized carbons (Fsp3) is 0.227. The highest BCUT2D eigenvalue weighted by Crippen LogP contribution is 2.25. The van der Waals surface area contributed by atoms with Gasteiger partial charge < -0.3 is 4.74 Å². The van der Waals surface area contributed by atoms with Crippen molar-refractivity contribution in [2.75, 3.05) is 6.61 Å². The Labute approximate surface area is 177 Å². The first-order valence-corrected chi connectivity index (χ1v) is 10.7. The van der Waals surface area contributed by atoms with Gasteiger partial charge >= 0.3 is 0 Å². The lowest BCUT2D eigenvalue weighted by Gasteiger charge is -2.08. The fourth-order valence-corrected chi connectivity index (χ4v) is 4.12. The molecule has 0 bridgehead atoms. The summed E-state index contributed by atoms with van der Waals surface area (Å²) in [6, 6.07) is 15.1. The van der Waals surface area contributed by atoms with Crippen molar-refractivity contribution in [3.05, 3.63) is 74.0 Å². The smallest absolute Gasteiger partial charge is 0.291 e. The number of ether oxygens (including phenoxy) is 1. The zero-order valence-corrected chi connectivity index (χ0v) is 17.5. The van der Waals surface area contributed by atoms with Crippen LogP contribution in [0.3, 0.4) is 0 Å². The largest absolute Gasteiger partial charge is 0.493 e. The zero-order chi connectivity index (χ0) is 20.2. The molecule has 2 aromatic carbocycles. The van der Waals surface area contributed by atoms with Gasteiger partial charge in [-0.1, -0.05) is 73.0 Å². The number of nitrogens with zero attached hydrogens (tertiary/aromatic N) is 3. The molecule has 0 atom stereocenters. The predicted molar refractivity (Wildman–Crippen MR) is 118 cm³/mol. The Morgan fingerprint density at radius 3 is 2.72 bits per heavy atom. The molecule has 0 aliphatic heterocycles. The van der Waals surface area contributed by atoms with Crippen LogP contribution in [0.4, 0.5) is 0 Å². The minimum atomic E-state index is -0.198. The Balaban J connectivity index is 1.68. The highest BCUT2D eigenvalue weighted by Gasteiger charge is 2.14. The molecule has 7 heteroatoms. The van der Waals surface area contributed by atoms with Crippen LogP contribution in [-0.4, -0.2) is 21.2 Å². The summed E-state index contributed by atoms with van der Waals surface area (Å²) in [5.74, 6) is 1.23. The summed E-state index contributed by atoms with van der Waals surface area (Å²) < 4.78 is 7.81. The second-order valence-corrected chi connectivity index (χ2v) is 8.04. The van der Waals surface area contributed by atoms with Gasteiger partial charge in [-0.15, -0.1) is 5.10 Å². The molecule has 5 nitrogen and oxygen atoms in total. The number of aromatic nitrogens is 3. The second-order valence-electron chi connectivity index (χ2n) is 6.62. The first-order chi connectivity index (χ1) is 14.2. The summed E-state index contributed by atoms with van der Waals surface area (Å²) in [6.07, 6.45) is 5.14. The van der Waals surface area contributed by atoms with E-state index < -0.39 is 0 Å². The first kappa shape index (κ1) is 19.6. The average molecular weight is 426 g/mol. The van der Waals surface area contributed by atoms with Crippen LogP contribution in [0, 0.1) is 0 Å². The van der Waals surface area contributed by atoms with Gasteiger partial charge in [0.1, 0.15) is 5.75 Å². The molecular weight excluding hydrogens is 406 g/mol. The number of hydrogen-bond acceptors (Lipinski definition) is 5. The topological polar surface area (TPSA) is 56.5 Å². The minimum absolute atomic E-state index is 0.198. The maximum absolute atomic E-state index is 12.8. The highest BCUT2D eigenvalue weighted by atomic mass is 35.5. The Bertz CT molecular complexity index is 1250. The number of thiazole rings is 1. The zero-order valence-electron chi connectivity index (χ0n) is 16.0. The maximum Gasteiger partial charge on any atom is 0.291 e. The van der Waals surface area contributed by atoms with E-state index in [9.17, 15) is 4.79 Å². The summed E-state index contributed by atoms with van der Waals surface area (Å²) in [5.41, 5.74) is 1.38. The second kappa shape index (κ2) is 8.76. The van der Waals surface area contributed by atoms with E-state index in [4.69, 9.17) is 16.3 Å².